The number of pyridine rings is 1. The SMILES string of the molecule is Cn1cccc(-c2ccc(N3CCC4(CC3)CCN(C3CCC3)CC4)nn2)c1=O. The number of anilines is 1. The van der Waals surface area contributed by atoms with Crippen LogP contribution in [0, 0.1) is 5.41 Å². The quantitative estimate of drug-likeness (QED) is 0.802. The zero-order valence-electron chi connectivity index (χ0n) is 17.4. The van der Waals surface area contributed by atoms with Crippen LogP contribution in [0.3, 0.4) is 0 Å². The average Bonchev–Trinajstić information content (AvgIpc) is 2.72. The molecule has 4 heterocycles. The summed E-state index contributed by atoms with van der Waals surface area (Å²) >= 11 is 0. The predicted octanol–water partition coefficient (Wildman–Crippen LogP) is 3.08. The number of nitrogens with zero attached hydrogens (tertiary/aromatic N) is 5. The normalized spacial score (nSPS) is 22.6. The van der Waals surface area contributed by atoms with Crippen molar-refractivity contribution in [3.63, 3.8) is 0 Å². The highest BCUT2D eigenvalue weighted by Crippen LogP contribution is 2.43. The zero-order valence-corrected chi connectivity index (χ0v) is 17.4. The second kappa shape index (κ2) is 7.56. The molecule has 0 bridgehead atoms. The van der Waals surface area contributed by atoms with E-state index in [1.807, 2.05) is 24.3 Å². The van der Waals surface area contributed by atoms with Crippen LogP contribution in [0.2, 0.25) is 0 Å². The molecule has 2 aliphatic heterocycles. The third kappa shape index (κ3) is 3.59. The minimum atomic E-state index is -0.0392. The minimum absolute atomic E-state index is 0.0392. The summed E-state index contributed by atoms with van der Waals surface area (Å²) in [6, 6.07) is 8.52. The molecule has 0 radical (unpaired) electrons. The van der Waals surface area contributed by atoms with Gasteiger partial charge in [0.15, 0.2) is 5.82 Å². The largest absolute Gasteiger partial charge is 0.355 e. The van der Waals surface area contributed by atoms with Gasteiger partial charge in [-0.25, -0.2) is 0 Å². The fourth-order valence-corrected chi connectivity index (χ4v) is 5.26. The Labute approximate surface area is 172 Å². The Morgan fingerprint density at radius 1 is 0.966 bits per heavy atom. The maximum absolute atomic E-state index is 12.3. The zero-order chi connectivity index (χ0) is 19.8. The van der Waals surface area contributed by atoms with E-state index in [0.717, 1.165) is 24.9 Å². The van der Waals surface area contributed by atoms with Crippen LogP contribution in [0.25, 0.3) is 11.3 Å². The number of aryl methyl sites for hydroxylation is 1. The molecule has 3 aliphatic rings. The molecule has 6 nitrogen and oxygen atoms in total. The van der Waals surface area contributed by atoms with Crippen molar-refractivity contribution in [3.8, 4) is 11.3 Å². The third-order valence-corrected chi connectivity index (χ3v) is 7.65. The van der Waals surface area contributed by atoms with Gasteiger partial charge in [-0.2, -0.15) is 0 Å². The van der Waals surface area contributed by atoms with Crippen LogP contribution >= 0.6 is 0 Å². The van der Waals surface area contributed by atoms with Gasteiger partial charge in [-0.15, -0.1) is 10.2 Å². The molecule has 1 aliphatic carbocycles. The molecule has 0 amide bonds. The number of rotatable bonds is 3. The van der Waals surface area contributed by atoms with Crippen molar-refractivity contribution in [3.05, 3.63) is 40.8 Å². The number of hydrogen-bond acceptors (Lipinski definition) is 5. The maximum Gasteiger partial charge on any atom is 0.259 e. The molecule has 154 valence electrons. The van der Waals surface area contributed by atoms with Crippen molar-refractivity contribution in [1.29, 1.82) is 0 Å². The second-order valence-electron chi connectivity index (χ2n) is 9.22. The number of hydrogen-bond donors (Lipinski definition) is 0. The van der Waals surface area contributed by atoms with Crippen molar-refractivity contribution in [2.45, 2.75) is 51.0 Å². The molecule has 1 saturated carbocycles. The lowest BCUT2D eigenvalue weighted by Crippen LogP contribution is -2.51. The van der Waals surface area contributed by atoms with Crippen molar-refractivity contribution in [1.82, 2.24) is 19.7 Å². The van der Waals surface area contributed by atoms with Crippen LogP contribution in [-0.2, 0) is 7.05 Å². The average molecular weight is 394 g/mol. The molecule has 0 N–H and O–H groups in total. The Morgan fingerprint density at radius 3 is 2.31 bits per heavy atom. The van der Waals surface area contributed by atoms with Gasteiger partial charge in [-0.3, -0.25) is 4.79 Å². The van der Waals surface area contributed by atoms with Gasteiger partial charge in [0.2, 0.25) is 0 Å². The van der Waals surface area contributed by atoms with Crippen molar-refractivity contribution in [2.24, 2.45) is 12.5 Å². The van der Waals surface area contributed by atoms with E-state index in [1.54, 1.807) is 17.8 Å². The highest BCUT2D eigenvalue weighted by atomic mass is 16.1. The Kier molecular flexibility index (Phi) is 4.90. The first-order valence-electron chi connectivity index (χ1n) is 11.1. The monoisotopic (exact) mass is 393 g/mol. The molecule has 1 spiro atoms. The lowest BCUT2D eigenvalue weighted by Gasteiger charge is -2.50. The number of piperidine rings is 2. The smallest absolute Gasteiger partial charge is 0.259 e. The fourth-order valence-electron chi connectivity index (χ4n) is 5.26. The fraction of sp³-hybridized carbons (Fsp3) is 0.609. The van der Waals surface area contributed by atoms with Crippen LogP contribution < -0.4 is 10.5 Å². The van der Waals surface area contributed by atoms with E-state index in [-0.39, 0.29) is 5.56 Å². The summed E-state index contributed by atoms with van der Waals surface area (Å²) in [6.07, 6.45) is 11.3. The highest BCUT2D eigenvalue weighted by Gasteiger charge is 2.39. The predicted molar refractivity (Wildman–Crippen MR) is 115 cm³/mol. The van der Waals surface area contributed by atoms with Crippen LogP contribution in [0.4, 0.5) is 5.82 Å². The van der Waals surface area contributed by atoms with E-state index in [2.05, 4.69) is 20.0 Å². The second-order valence-corrected chi connectivity index (χ2v) is 9.22. The molecule has 3 fully saturated rings. The Hall–Kier alpha value is -2.21. The number of aromatic nitrogens is 3. The molecule has 0 atom stereocenters. The topological polar surface area (TPSA) is 54.3 Å². The lowest BCUT2D eigenvalue weighted by molar-refractivity contribution is 0.0305. The molecule has 6 heteroatoms. The summed E-state index contributed by atoms with van der Waals surface area (Å²) in [4.78, 5) is 17.4. The first kappa shape index (κ1) is 18.8. The first-order valence-corrected chi connectivity index (χ1v) is 11.1. The van der Waals surface area contributed by atoms with Gasteiger partial charge in [0.1, 0.15) is 0 Å². The summed E-state index contributed by atoms with van der Waals surface area (Å²) in [5.74, 6) is 0.934. The molecule has 0 aromatic carbocycles. The van der Waals surface area contributed by atoms with Gasteiger partial charge < -0.3 is 14.4 Å². The van der Waals surface area contributed by atoms with E-state index in [4.69, 9.17) is 0 Å². The summed E-state index contributed by atoms with van der Waals surface area (Å²) in [5.41, 5.74) is 1.75. The minimum Gasteiger partial charge on any atom is -0.355 e. The molecule has 2 aromatic rings. The molecule has 2 aromatic heterocycles. The highest BCUT2D eigenvalue weighted by molar-refractivity contribution is 5.58. The molecular formula is C23H31N5O. The van der Waals surface area contributed by atoms with Crippen LogP contribution in [-0.4, -0.2) is 51.9 Å². The number of likely N-dealkylation sites (tertiary alicyclic amines) is 1. The third-order valence-electron chi connectivity index (χ3n) is 7.65. The van der Waals surface area contributed by atoms with Crippen molar-refractivity contribution < 1.29 is 0 Å². The van der Waals surface area contributed by atoms with E-state index in [9.17, 15) is 4.79 Å². The van der Waals surface area contributed by atoms with E-state index in [0.29, 0.717) is 16.7 Å². The van der Waals surface area contributed by atoms with Gasteiger partial charge in [-0.1, -0.05) is 6.42 Å². The van der Waals surface area contributed by atoms with E-state index in [1.165, 1.54) is 58.0 Å². The summed E-state index contributed by atoms with van der Waals surface area (Å²) in [7, 11) is 1.76. The standard InChI is InChI=1S/C23H31N5O/c1-26-13-3-6-19(22(26)29)20-7-8-21(25-24-20)28-16-11-23(12-17-28)9-14-27(15-10-23)18-4-2-5-18/h3,6-8,13,18H,2,4-5,9-12,14-17H2,1H3. The van der Waals surface area contributed by atoms with Crippen LogP contribution in [0.1, 0.15) is 44.9 Å². The Bertz CT molecular complexity index is 900. The molecular weight excluding hydrogens is 362 g/mol. The first-order chi connectivity index (χ1) is 14.1. The van der Waals surface area contributed by atoms with Gasteiger partial charge >= 0.3 is 0 Å². The summed E-state index contributed by atoms with van der Waals surface area (Å²) in [6.45, 7) is 4.71. The molecule has 2 saturated heterocycles. The lowest BCUT2D eigenvalue weighted by atomic mass is 9.70. The van der Waals surface area contributed by atoms with E-state index < -0.39 is 0 Å². The molecule has 29 heavy (non-hydrogen) atoms. The molecule has 0 unspecified atom stereocenters. The van der Waals surface area contributed by atoms with Gasteiger partial charge in [0, 0.05) is 32.4 Å². The van der Waals surface area contributed by atoms with Gasteiger partial charge in [0.05, 0.1) is 11.3 Å². The maximum atomic E-state index is 12.3. The van der Waals surface area contributed by atoms with Crippen LogP contribution in [0.5, 0.6) is 0 Å². The van der Waals surface area contributed by atoms with E-state index >= 15 is 0 Å². The van der Waals surface area contributed by atoms with Crippen molar-refractivity contribution in [2.75, 3.05) is 31.1 Å². The summed E-state index contributed by atoms with van der Waals surface area (Å²) < 4.78 is 1.57. The van der Waals surface area contributed by atoms with Crippen LogP contribution in [0.15, 0.2) is 35.3 Å². The van der Waals surface area contributed by atoms with Gasteiger partial charge in [-0.05, 0) is 81.3 Å². The summed E-state index contributed by atoms with van der Waals surface area (Å²) in [5, 5.41) is 8.82. The van der Waals surface area contributed by atoms with Gasteiger partial charge in [0.25, 0.3) is 5.56 Å². The Balaban J connectivity index is 1.21. The van der Waals surface area contributed by atoms with Crippen molar-refractivity contribution >= 4 is 5.82 Å². The molecule has 5 rings (SSSR count). The Morgan fingerprint density at radius 2 is 1.69 bits per heavy atom.